The summed E-state index contributed by atoms with van der Waals surface area (Å²) in [6.45, 7) is 0.106. The van der Waals surface area contributed by atoms with Crippen molar-refractivity contribution in [1.29, 1.82) is 0 Å². The van der Waals surface area contributed by atoms with Gasteiger partial charge in [-0.2, -0.15) is 11.8 Å². The van der Waals surface area contributed by atoms with E-state index in [1.807, 2.05) is 0 Å². The lowest BCUT2D eigenvalue weighted by atomic mass is 10.1. The first-order chi connectivity index (χ1) is 17.8. The van der Waals surface area contributed by atoms with E-state index in [2.05, 4.69) is 20.9 Å². The number of carboxylic acids is 3. The number of carbonyl (C=O) groups is 6. The van der Waals surface area contributed by atoms with Gasteiger partial charge in [-0.25, -0.2) is 4.79 Å². The van der Waals surface area contributed by atoms with Crippen LogP contribution in [-0.4, -0.2) is 99.6 Å². The van der Waals surface area contributed by atoms with Crippen LogP contribution in [0.15, 0.2) is 4.99 Å². The molecule has 4 atom stereocenters. The number of rotatable bonds is 20. The van der Waals surface area contributed by atoms with Crippen LogP contribution in [0.1, 0.15) is 44.9 Å². The van der Waals surface area contributed by atoms with Gasteiger partial charge < -0.3 is 48.5 Å². The summed E-state index contributed by atoms with van der Waals surface area (Å²) < 4.78 is 0. The Hall–Kier alpha value is -3.60. The zero-order valence-electron chi connectivity index (χ0n) is 21.1. The molecular weight excluding hydrogens is 526 g/mol. The number of amides is 3. The van der Waals surface area contributed by atoms with Crippen LogP contribution in [0.5, 0.6) is 0 Å². The second-order valence-corrected chi connectivity index (χ2v) is 9.21. The second-order valence-electron chi connectivity index (χ2n) is 8.22. The summed E-state index contributed by atoms with van der Waals surface area (Å²) >= 11 is 1.39. The number of nitrogens with zero attached hydrogens (tertiary/aromatic N) is 1. The van der Waals surface area contributed by atoms with Gasteiger partial charge in [-0.3, -0.25) is 29.0 Å². The zero-order chi connectivity index (χ0) is 29.3. The molecular formula is C21H37N7O9S. The van der Waals surface area contributed by atoms with Crippen molar-refractivity contribution in [2.45, 2.75) is 69.1 Å². The lowest BCUT2D eigenvalue weighted by Crippen LogP contribution is -2.57. The zero-order valence-corrected chi connectivity index (χ0v) is 21.9. The van der Waals surface area contributed by atoms with Crippen LogP contribution in [0.2, 0.25) is 0 Å². The van der Waals surface area contributed by atoms with Gasteiger partial charge in [0.25, 0.3) is 0 Å². The van der Waals surface area contributed by atoms with Crippen LogP contribution in [0.4, 0.5) is 0 Å². The van der Waals surface area contributed by atoms with Gasteiger partial charge in [-0.15, -0.1) is 0 Å². The van der Waals surface area contributed by atoms with E-state index in [1.54, 1.807) is 6.26 Å². The topological polar surface area (TPSA) is 290 Å². The number of nitrogens with two attached hydrogens (primary N) is 3. The number of guanidine groups is 1. The summed E-state index contributed by atoms with van der Waals surface area (Å²) in [6.07, 6.45) is 0.741. The van der Waals surface area contributed by atoms with Crippen molar-refractivity contribution in [3.05, 3.63) is 0 Å². The lowest BCUT2D eigenvalue weighted by Gasteiger charge is -2.25. The first-order valence-electron chi connectivity index (χ1n) is 11.7. The van der Waals surface area contributed by atoms with Gasteiger partial charge in [-0.05, 0) is 44.1 Å². The Kier molecular flexibility index (Phi) is 16.9. The molecule has 0 aliphatic rings. The van der Waals surface area contributed by atoms with Crippen molar-refractivity contribution in [2.75, 3.05) is 18.6 Å². The average molecular weight is 564 g/mol. The molecule has 0 aliphatic carbocycles. The van der Waals surface area contributed by atoms with Crippen LogP contribution in [0.3, 0.4) is 0 Å². The fourth-order valence-electron chi connectivity index (χ4n) is 3.04. The maximum Gasteiger partial charge on any atom is 0.326 e. The minimum atomic E-state index is -1.52. The molecule has 0 radical (unpaired) electrons. The number of carbonyl (C=O) groups excluding carboxylic acids is 3. The molecule has 0 spiro atoms. The Labute approximate surface area is 223 Å². The van der Waals surface area contributed by atoms with E-state index >= 15 is 0 Å². The molecule has 0 saturated carbocycles. The molecule has 216 valence electrons. The van der Waals surface area contributed by atoms with Crippen molar-refractivity contribution < 1.29 is 44.1 Å². The molecule has 16 nitrogen and oxygen atoms in total. The fourth-order valence-corrected chi connectivity index (χ4v) is 3.51. The molecule has 3 amide bonds. The van der Waals surface area contributed by atoms with Gasteiger partial charge in [0.1, 0.15) is 18.1 Å². The van der Waals surface area contributed by atoms with Gasteiger partial charge in [0.15, 0.2) is 5.96 Å². The van der Waals surface area contributed by atoms with Crippen LogP contribution >= 0.6 is 11.8 Å². The summed E-state index contributed by atoms with van der Waals surface area (Å²) in [5, 5.41) is 34.1. The van der Waals surface area contributed by atoms with Crippen LogP contribution in [-0.2, 0) is 28.8 Å². The van der Waals surface area contributed by atoms with Crippen molar-refractivity contribution in [3.8, 4) is 0 Å². The maximum absolute atomic E-state index is 13.1. The molecule has 0 bridgehead atoms. The smallest absolute Gasteiger partial charge is 0.326 e. The Morgan fingerprint density at radius 3 is 1.76 bits per heavy atom. The highest BCUT2D eigenvalue weighted by atomic mass is 32.2. The van der Waals surface area contributed by atoms with E-state index in [9.17, 15) is 33.9 Å². The first kappa shape index (κ1) is 34.4. The van der Waals surface area contributed by atoms with E-state index in [0.29, 0.717) is 5.75 Å². The van der Waals surface area contributed by atoms with Gasteiger partial charge in [0, 0.05) is 19.4 Å². The first-order valence-corrected chi connectivity index (χ1v) is 13.0. The van der Waals surface area contributed by atoms with Crippen LogP contribution in [0, 0.1) is 0 Å². The third kappa shape index (κ3) is 15.5. The molecule has 17 heteroatoms. The standard InChI is InChI=1S/C21H37N7O9S/c1-38-10-8-13(26-17(33)11(22)4-6-15(29)30)19(35)27-12(3-2-9-25-21(23)24)18(34)28-14(20(36)37)5-7-16(31)32/h11-14H,2-10,22H2,1H3,(H,26,33)(H,27,35)(H,28,34)(H,29,30)(H,31,32)(H,36,37)(H4,23,24,25). The van der Waals surface area contributed by atoms with E-state index in [4.69, 9.17) is 27.4 Å². The molecule has 0 heterocycles. The van der Waals surface area contributed by atoms with Gasteiger partial charge in [0.05, 0.1) is 6.04 Å². The maximum atomic E-state index is 13.1. The minimum Gasteiger partial charge on any atom is -0.481 e. The summed E-state index contributed by atoms with van der Waals surface area (Å²) in [5.74, 6) is -5.96. The number of aliphatic carboxylic acids is 3. The lowest BCUT2D eigenvalue weighted by molar-refractivity contribution is -0.143. The van der Waals surface area contributed by atoms with E-state index in [1.165, 1.54) is 11.8 Å². The van der Waals surface area contributed by atoms with Gasteiger partial charge in [-0.1, -0.05) is 0 Å². The number of thioether (sulfide) groups is 1. The molecule has 0 fully saturated rings. The Bertz CT molecular complexity index is 868. The summed E-state index contributed by atoms with van der Waals surface area (Å²) in [4.78, 5) is 75.2. The third-order valence-corrected chi connectivity index (χ3v) is 5.73. The quantitative estimate of drug-likeness (QED) is 0.0417. The summed E-state index contributed by atoms with van der Waals surface area (Å²) in [5.41, 5.74) is 16.3. The van der Waals surface area contributed by atoms with Crippen molar-refractivity contribution >= 4 is 53.4 Å². The van der Waals surface area contributed by atoms with Gasteiger partial charge >= 0.3 is 17.9 Å². The third-order valence-electron chi connectivity index (χ3n) is 5.09. The number of nitrogens with one attached hydrogen (secondary N) is 3. The van der Waals surface area contributed by atoms with Crippen molar-refractivity contribution in [3.63, 3.8) is 0 Å². The van der Waals surface area contributed by atoms with E-state index in [-0.39, 0.29) is 51.0 Å². The summed E-state index contributed by atoms with van der Waals surface area (Å²) in [6, 6.07) is -5.09. The molecule has 38 heavy (non-hydrogen) atoms. The normalized spacial score (nSPS) is 13.7. The molecule has 0 aromatic carbocycles. The highest BCUT2D eigenvalue weighted by Crippen LogP contribution is 2.07. The number of hydrogen-bond acceptors (Lipinski definition) is 9. The van der Waals surface area contributed by atoms with Crippen LogP contribution < -0.4 is 33.2 Å². The molecule has 0 aromatic rings. The Morgan fingerprint density at radius 2 is 1.26 bits per heavy atom. The monoisotopic (exact) mass is 563 g/mol. The van der Waals surface area contributed by atoms with Crippen molar-refractivity contribution in [2.24, 2.45) is 22.2 Å². The molecule has 0 aliphatic heterocycles. The number of carboxylic acid groups (broad SMARTS) is 3. The molecule has 12 N–H and O–H groups in total. The predicted molar refractivity (Wildman–Crippen MR) is 138 cm³/mol. The average Bonchev–Trinajstić information content (AvgIpc) is 2.83. The summed E-state index contributed by atoms with van der Waals surface area (Å²) in [7, 11) is 0. The fraction of sp³-hybridized carbons (Fsp3) is 0.667. The minimum absolute atomic E-state index is 0.0130. The van der Waals surface area contributed by atoms with E-state index in [0.717, 1.165) is 0 Å². The predicted octanol–water partition coefficient (Wildman–Crippen LogP) is -2.61. The van der Waals surface area contributed by atoms with E-state index < -0.39 is 66.2 Å². The highest BCUT2D eigenvalue weighted by Gasteiger charge is 2.30. The number of aliphatic imine (C=N–C) groups is 1. The molecule has 4 unspecified atom stereocenters. The van der Waals surface area contributed by atoms with Crippen molar-refractivity contribution in [1.82, 2.24) is 16.0 Å². The largest absolute Gasteiger partial charge is 0.481 e. The number of hydrogen-bond donors (Lipinski definition) is 9. The Morgan fingerprint density at radius 1 is 0.763 bits per heavy atom. The second kappa shape index (κ2) is 18.6. The molecule has 0 saturated heterocycles. The Balaban J connectivity index is 5.61. The highest BCUT2D eigenvalue weighted by molar-refractivity contribution is 7.98. The SMILES string of the molecule is CSCCC(NC(=O)C(N)CCC(=O)O)C(=O)NC(CCCN=C(N)N)C(=O)NC(CCC(=O)O)C(=O)O. The van der Waals surface area contributed by atoms with Gasteiger partial charge in [0.2, 0.25) is 17.7 Å². The molecule has 0 aromatic heterocycles. The van der Waals surface area contributed by atoms with Crippen LogP contribution in [0.25, 0.3) is 0 Å². The molecule has 0 rings (SSSR count).